The lowest BCUT2D eigenvalue weighted by atomic mass is 10.1. The van der Waals surface area contributed by atoms with Crippen molar-refractivity contribution in [3.8, 4) is 5.75 Å². The predicted molar refractivity (Wildman–Crippen MR) is 85.1 cm³/mol. The molecule has 0 aliphatic rings. The highest BCUT2D eigenvalue weighted by Gasteiger charge is 2.12. The van der Waals surface area contributed by atoms with Crippen molar-refractivity contribution in [1.82, 2.24) is 15.0 Å². The normalized spacial score (nSPS) is 10.6. The summed E-state index contributed by atoms with van der Waals surface area (Å²) < 4.78 is 10.4. The van der Waals surface area contributed by atoms with Gasteiger partial charge >= 0.3 is 0 Å². The molecule has 2 N–H and O–H groups in total. The molecule has 0 radical (unpaired) electrons. The third-order valence-corrected chi connectivity index (χ3v) is 3.31. The van der Waals surface area contributed by atoms with Crippen LogP contribution in [0.5, 0.6) is 5.75 Å². The van der Waals surface area contributed by atoms with Crippen molar-refractivity contribution in [3.05, 3.63) is 41.5 Å². The van der Waals surface area contributed by atoms with Crippen LogP contribution in [0.4, 0.5) is 0 Å². The summed E-state index contributed by atoms with van der Waals surface area (Å²) >= 11 is 0. The Morgan fingerprint density at radius 3 is 2.96 bits per heavy atom. The Kier molecular flexibility index (Phi) is 6.10. The Labute approximate surface area is 135 Å². The van der Waals surface area contributed by atoms with E-state index in [1.165, 1.54) is 0 Å². The van der Waals surface area contributed by atoms with Gasteiger partial charge in [-0.1, -0.05) is 17.3 Å². The molecule has 0 atom stereocenters. The van der Waals surface area contributed by atoms with Crippen molar-refractivity contribution < 1.29 is 14.1 Å². The zero-order valence-electron chi connectivity index (χ0n) is 13.5. The highest BCUT2D eigenvalue weighted by atomic mass is 16.5. The van der Waals surface area contributed by atoms with Crippen LogP contribution < -0.4 is 10.5 Å². The summed E-state index contributed by atoms with van der Waals surface area (Å²) in [6, 6.07) is 7.50. The first-order valence-corrected chi connectivity index (χ1v) is 7.53. The van der Waals surface area contributed by atoms with E-state index in [4.69, 9.17) is 15.0 Å². The van der Waals surface area contributed by atoms with Gasteiger partial charge in [0.1, 0.15) is 12.4 Å². The lowest BCUT2D eigenvalue weighted by molar-refractivity contribution is -0.129. The number of rotatable bonds is 8. The summed E-state index contributed by atoms with van der Waals surface area (Å²) in [6.45, 7) is 3.20. The van der Waals surface area contributed by atoms with Gasteiger partial charge in [-0.15, -0.1) is 0 Å². The minimum atomic E-state index is 0.0289. The molecule has 1 heterocycles. The van der Waals surface area contributed by atoms with Gasteiger partial charge in [0.25, 0.3) is 0 Å². The van der Waals surface area contributed by atoms with E-state index in [1.807, 2.05) is 24.3 Å². The second kappa shape index (κ2) is 8.28. The van der Waals surface area contributed by atoms with Gasteiger partial charge in [-0.25, -0.2) is 0 Å². The van der Waals surface area contributed by atoms with Crippen molar-refractivity contribution in [3.63, 3.8) is 0 Å². The van der Waals surface area contributed by atoms with E-state index in [0.29, 0.717) is 44.3 Å². The number of carbonyl (C=O) groups excluding carboxylic acids is 1. The number of hydrogen-bond donors (Lipinski definition) is 1. The molecule has 0 saturated heterocycles. The maximum Gasteiger partial charge on any atom is 0.226 e. The molecule has 0 unspecified atom stereocenters. The summed E-state index contributed by atoms with van der Waals surface area (Å²) in [5.74, 6) is 1.90. The van der Waals surface area contributed by atoms with Gasteiger partial charge in [0.05, 0.1) is 6.42 Å². The largest absolute Gasteiger partial charge is 0.492 e. The van der Waals surface area contributed by atoms with Gasteiger partial charge in [0, 0.05) is 33.5 Å². The smallest absolute Gasteiger partial charge is 0.226 e. The zero-order valence-corrected chi connectivity index (χ0v) is 13.5. The average molecular weight is 318 g/mol. The molecule has 0 saturated carbocycles. The molecule has 1 amide bonds. The Balaban J connectivity index is 1.85. The highest BCUT2D eigenvalue weighted by Crippen LogP contribution is 2.14. The van der Waals surface area contributed by atoms with Crippen molar-refractivity contribution in [2.75, 3.05) is 26.7 Å². The fourth-order valence-corrected chi connectivity index (χ4v) is 2.07. The summed E-state index contributed by atoms with van der Waals surface area (Å²) in [7, 11) is 1.77. The molecular weight excluding hydrogens is 296 g/mol. The molecule has 1 aromatic carbocycles. The van der Waals surface area contributed by atoms with Crippen LogP contribution in [0.3, 0.4) is 0 Å². The zero-order chi connectivity index (χ0) is 16.7. The molecule has 2 aromatic rings. The number of hydrogen-bond acceptors (Lipinski definition) is 6. The first-order chi connectivity index (χ1) is 11.1. The lowest BCUT2D eigenvalue weighted by Crippen LogP contribution is -2.30. The predicted octanol–water partition coefficient (Wildman–Crippen LogP) is 0.959. The molecule has 7 heteroatoms. The minimum Gasteiger partial charge on any atom is -0.492 e. The first kappa shape index (κ1) is 17.0. The van der Waals surface area contributed by atoms with Crippen molar-refractivity contribution in [2.45, 2.75) is 19.8 Å². The highest BCUT2D eigenvalue weighted by molar-refractivity contribution is 5.78. The standard InChI is InChI=1S/C16H22N4O3/c1-12-18-15(19-23-12)6-8-20(2)16(21)11-13-4-3-5-14(10-13)22-9-7-17/h3-5,10H,6-9,11,17H2,1-2H3. The number of aromatic nitrogens is 2. The van der Waals surface area contributed by atoms with Crippen LogP contribution in [-0.2, 0) is 17.6 Å². The topological polar surface area (TPSA) is 94.5 Å². The summed E-state index contributed by atoms with van der Waals surface area (Å²) in [5, 5.41) is 3.82. The van der Waals surface area contributed by atoms with Crippen LogP contribution in [0.1, 0.15) is 17.3 Å². The maximum atomic E-state index is 12.3. The number of benzene rings is 1. The van der Waals surface area contributed by atoms with E-state index in [9.17, 15) is 4.79 Å². The summed E-state index contributed by atoms with van der Waals surface area (Å²) in [6.07, 6.45) is 0.890. The second-order valence-corrected chi connectivity index (χ2v) is 5.26. The van der Waals surface area contributed by atoms with Gasteiger partial charge in [-0.05, 0) is 17.7 Å². The van der Waals surface area contributed by atoms with E-state index >= 15 is 0 Å². The van der Waals surface area contributed by atoms with Crippen LogP contribution in [0.15, 0.2) is 28.8 Å². The summed E-state index contributed by atoms with van der Waals surface area (Å²) in [4.78, 5) is 18.1. The number of amides is 1. The van der Waals surface area contributed by atoms with Gasteiger partial charge < -0.3 is 19.9 Å². The molecular formula is C16H22N4O3. The van der Waals surface area contributed by atoms with Crippen LogP contribution in [0.25, 0.3) is 0 Å². The van der Waals surface area contributed by atoms with Crippen molar-refractivity contribution in [2.24, 2.45) is 5.73 Å². The van der Waals surface area contributed by atoms with E-state index in [-0.39, 0.29) is 5.91 Å². The van der Waals surface area contributed by atoms with Crippen molar-refractivity contribution >= 4 is 5.91 Å². The molecule has 0 bridgehead atoms. The molecule has 2 rings (SSSR count). The van der Waals surface area contributed by atoms with Gasteiger partial charge in [0.15, 0.2) is 5.82 Å². The molecule has 1 aromatic heterocycles. The molecule has 124 valence electrons. The number of nitrogens with zero attached hydrogens (tertiary/aromatic N) is 3. The number of carbonyl (C=O) groups is 1. The Morgan fingerprint density at radius 1 is 1.43 bits per heavy atom. The Hall–Kier alpha value is -2.41. The molecule has 0 fully saturated rings. The number of nitrogens with two attached hydrogens (primary N) is 1. The van der Waals surface area contributed by atoms with E-state index in [0.717, 1.165) is 11.3 Å². The van der Waals surface area contributed by atoms with E-state index in [1.54, 1.807) is 18.9 Å². The van der Waals surface area contributed by atoms with Gasteiger partial charge in [0.2, 0.25) is 11.8 Å². The van der Waals surface area contributed by atoms with Gasteiger partial charge in [-0.2, -0.15) is 4.98 Å². The SMILES string of the molecule is Cc1nc(CCN(C)C(=O)Cc2cccc(OCCN)c2)no1. The van der Waals surface area contributed by atoms with E-state index < -0.39 is 0 Å². The molecule has 23 heavy (non-hydrogen) atoms. The van der Waals surface area contributed by atoms with Gasteiger partial charge in [-0.3, -0.25) is 4.79 Å². The summed E-state index contributed by atoms with van der Waals surface area (Å²) in [5.41, 5.74) is 6.32. The van der Waals surface area contributed by atoms with Crippen LogP contribution in [0, 0.1) is 6.92 Å². The minimum absolute atomic E-state index is 0.0289. The Morgan fingerprint density at radius 2 is 2.26 bits per heavy atom. The second-order valence-electron chi connectivity index (χ2n) is 5.26. The number of ether oxygens (including phenoxy) is 1. The first-order valence-electron chi connectivity index (χ1n) is 7.53. The fourth-order valence-electron chi connectivity index (χ4n) is 2.07. The molecule has 0 spiro atoms. The fraction of sp³-hybridized carbons (Fsp3) is 0.438. The average Bonchev–Trinajstić information content (AvgIpc) is 2.96. The molecule has 7 nitrogen and oxygen atoms in total. The Bertz CT molecular complexity index is 642. The van der Waals surface area contributed by atoms with Crippen LogP contribution in [-0.4, -0.2) is 47.7 Å². The third-order valence-electron chi connectivity index (χ3n) is 3.31. The third kappa shape index (κ3) is 5.37. The maximum absolute atomic E-state index is 12.3. The van der Waals surface area contributed by atoms with Crippen molar-refractivity contribution in [1.29, 1.82) is 0 Å². The molecule has 0 aliphatic heterocycles. The quantitative estimate of drug-likeness (QED) is 0.779. The molecule has 0 aliphatic carbocycles. The number of likely N-dealkylation sites (N-methyl/N-ethyl adjacent to an activating group) is 1. The van der Waals surface area contributed by atoms with E-state index in [2.05, 4.69) is 10.1 Å². The number of aryl methyl sites for hydroxylation is 1. The van der Waals surface area contributed by atoms with Crippen LogP contribution >= 0.6 is 0 Å². The lowest BCUT2D eigenvalue weighted by Gasteiger charge is -2.16. The van der Waals surface area contributed by atoms with Crippen LogP contribution in [0.2, 0.25) is 0 Å². The monoisotopic (exact) mass is 318 g/mol.